The van der Waals surface area contributed by atoms with Crippen molar-refractivity contribution in [1.29, 1.82) is 0 Å². The van der Waals surface area contributed by atoms with Gasteiger partial charge in [-0.2, -0.15) is 4.99 Å². The highest BCUT2D eigenvalue weighted by Gasteiger charge is 2.43. The van der Waals surface area contributed by atoms with Gasteiger partial charge in [0.1, 0.15) is 5.66 Å². The van der Waals surface area contributed by atoms with E-state index in [0.717, 1.165) is 69.4 Å². The van der Waals surface area contributed by atoms with Gasteiger partial charge in [-0.25, -0.2) is 13.4 Å². The molecule has 4 rings (SSSR count). The Morgan fingerprint density at radius 2 is 1.77 bits per heavy atom. The number of nitrogens with two attached hydrogens (primary N) is 2. The monoisotopic (exact) mass is 432 g/mol. The number of aliphatic imine (C=N–C) groups is 2. The number of hydrogen-bond acceptors (Lipinski definition) is 8. The minimum absolute atomic E-state index is 0.212. The van der Waals surface area contributed by atoms with E-state index in [1.54, 1.807) is 6.07 Å². The lowest BCUT2D eigenvalue weighted by molar-refractivity contribution is 0.305. The molecule has 1 spiro atoms. The topological polar surface area (TPSA) is 117 Å². The molecule has 1 saturated heterocycles. The van der Waals surface area contributed by atoms with Crippen LogP contribution in [0.2, 0.25) is 0 Å². The van der Waals surface area contributed by atoms with E-state index in [0.29, 0.717) is 16.8 Å². The molecule has 2 heterocycles. The molecule has 9 heteroatoms. The maximum absolute atomic E-state index is 12.5. The number of hydrogen-bond donors (Lipinski definition) is 2. The van der Waals surface area contributed by atoms with Crippen molar-refractivity contribution in [1.82, 2.24) is 0 Å². The average molecular weight is 433 g/mol. The summed E-state index contributed by atoms with van der Waals surface area (Å²) in [5.74, 6) is 1.18. The molecule has 2 fully saturated rings. The smallest absolute Gasteiger partial charge is 0.220 e. The molecule has 4 N–H and O–H groups in total. The normalized spacial score (nSPS) is 22.7. The quantitative estimate of drug-likeness (QED) is 0.757. The SMILES string of the molecule is CC1CCN(c2cc(N3C(N)=NC(N)=NC34CCCCC4)ccc2S(C)(=O)=O)CC1. The molecule has 0 atom stereocenters. The maximum atomic E-state index is 12.5. The first-order chi connectivity index (χ1) is 14.2. The average Bonchev–Trinajstić information content (AvgIpc) is 2.67. The molecule has 1 aromatic carbocycles. The van der Waals surface area contributed by atoms with Crippen LogP contribution in [-0.4, -0.2) is 45.3 Å². The molecule has 0 aromatic heterocycles. The van der Waals surface area contributed by atoms with E-state index in [-0.39, 0.29) is 5.96 Å². The van der Waals surface area contributed by atoms with Crippen LogP contribution in [-0.2, 0) is 9.84 Å². The molecule has 164 valence electrons. The number of guanidine groups is 2. The van der Waals surface area contributed by atoms with E-state index in [9.17, 15) is 8.42 Å². The summed E-state index contributed by atoms with van der Waals surface area (Å²) in [6.45, 7) is 3.92. The zero-order valence-corrected chi connectivity index (χ0v) is 18.7. The Hall–Kier alpha value is -2.29. The largest absolute Gasteiger partial charge is 0.370 e. The van der Waals surface area contributed by atoms with Crippen LogP contribution in [0.4, 0.5) is 11.4 Å². The van der Waals surface area contributed by atoms with Gasteiger partial charge in [0, 0.05) is 25.0 Å². The molecule has 0 bridgehead atoms. The van der Waals surface area contributed by atoms with Gasteiger partial charge in [-0.1, -0.05) is 13.3 Å². The minimum Gasteiger partial charge on any atom is -0.370 e. The van der Waals surface area contributed by atoms with Gasteiger partial charge in [-0.15, -0.1) is 0 Å². The summed E-state index contributed by atoms with van der Waals surface area (Å²) in [6.07, 6.45) is 8.28. The standard InChI is InChI=1S/C21H32N6O2S/c1-15-8-12-26(13-9-15)17-14-16(6-7-18(17)30(2,28)29)27-20(23)24-19(22)25-21(27)10-4-3-5-11-21/h6-7,14-15H,3-5,8-13H2,1-2H3,(H4,22,23,24,25). The van der Waals surface area contributed by atoms with Crippen LogP contribution >= 0.6 is 0 Å². The van der Waals surface area contributed by atoms with Gasteiger partial charge in [0.05, 0.1) is 10.6 Å². The third kappa shape index (κ3) is 3.87. The van der Waals surface area contributed by atoms with Crippen molar-refractivity contribution in [3.8, 4) is 0 Å². The molecular formula is C21H32N6O2S. The van der Waals surface area contributed by atoms with Gasteiger partial charge in [0.15, 0.2) is 9.84 Å². The summed E-state index contributed by atoms with van der Waals surface area (Å²) < 4.78 is 25.0. The third-order valence-corrected chi connectivity index (χ3v) is 7.72. The lowest BCUT2D eigenvalue weighted by atomic mass is 9.87. The molecule has 8 nitrogen and oxygen atoms in total. The van der Waals surface area contributed by atoms with Crippen molar-refractivity contribution in [2.24, 2.45) is 27.4 Å². The lowest BCUT2D eigenvalue weighted by Gasteiger charge is -2.46. The van der Waals surface area contributed by atoms with Crippen molar-refractivity contribution in [2.75, 3.05) is 29.1 Å². The molecule has 0 unspecified atom stereocenters. The second-order valence-electron chi connectivity index (χ2n) is 8.91. The Morgan fingerprint density at radius 3 is 2.40 bits per heavy atom. The van der Waals surface area contributed by atoms with E-state index >= 15 is 0 Å². The van der Waals surface area contributed by atoms with Crippen LogP contribution in [0, 0.1) is 5.92 Å². The second-order valence-corrected chi connectivity index (χ2v) is 10.9. The Balaban J connectivity index is 1.80. The molecule has 0 radical (unpaired) electrons. The highest BCUT2D eigenvalue weighted by molar-refractivity contribution is 7.90. The van der Waals surface area contributed by atoms with Crippen LogP contribution in [0.3, 0.4) is 0 Å². The predicted molar refractivity (Wildman–Crippen MR) is 122 cm³/mol. The number of anilines is 2. The van der Waals surface area contributed by atoms with E-state index in [4.69, 9.17) is 16.5 Å². The van der Waals surface area contributed by atoms with Gasteiger partial charge >= 0.3 is 0 Å². The molecular weight excluding hydrogens is 400 g/mol. The highest BCUT2D eigenvalue weighted by Crippen LogP contribution is 2.41. The number of sulfone groups is 1. The predicted octanol–water partition coefficient (Wildman–Crippen LogP) is 2.44. The Labute approximate surface area is 179 Å². The summed E-state index contributed by atoms with van der Waals surface area (Å²) in [5, 5.41) is 0. The first-order valence-electron chi connectivity index (χ1n) is 10.8. The van der Waals surface area contributed by atoms with Crippen molar-refractivity contribution in [2.45, 2.75) is 62.4 Å². The van der Waals surface area contributed by atoms with Crippen molar-refractivity contribution >= 4 is 33.1 Å². The fourth-order valence-electron chi connectivity index (χ4n) is 4.95. The number of nitrogens with zero attached hydrogens (tertiary/aromatic N) is 4. The Morgan fingerprint density at radius 1 is 1.10 bits per heavy atom. The minimum atomic E-state index is -3.37. The van der Waals surface area contributed by atoms with Gasteiger partial charge in [0.2, 0.25) is 11.9 Å². The summed E-state index contributed by atoms with van der Waals surface area (Å²) in [7, 11) is -3.37. The zero-order valence-electron chi connectivity index (χ0n) is 17.8. The van der Waals surface area contributed by atoms with Crippen LogP contribution in [0.1, 0.15) is 51.9 Å². The molecule has 1 saturated carbocycles. The Kier molecular flexibility index (Phi) is 5.42. The van der Waals surface area contributed by atoms with E-state index in [1.165, 1.54) is 6.26 Å². The van der Waals surface area contributed by atoms with E-state index in [1.807, 2.05) is 17.0 Å². The van der Waals surface area contributed by atoms with Crippen LogP contribution in [0.25, 0.3) is 0 Å². The molecule has 2 aliphatic heterocycles. The van der Waals surface area contributed by atoms with Crippen LogP contribution in [0.5, 0.6) is 0 Å². The summed E-state index contributed by atoms with van der Waals surface area (Å²) in [5.41, 5.74) is 13.3. The number of piperidine rings is 1. The van der Waals surface area contributed by atoms with Crippen LogP contribution in [0.15, 0.2) is 33.1 Å². The van der Waals surface area contributed by atoms with Gasteiger partial charge in [-0.3, -0.25) is 4.90 Å². The molecule has 0 amide bonds. The number of rotatable bonds is 3. The van der Waals surface area contributed by atoms with Gasteiger partial charge in [0.25, 0.3) is 0 Å². The first kappa shape index (κ1) is 21.0. The molecule has 1 aromatic rings. The Bertz CT molecular complexity index is 973. The van der Waals surface area contributed by atoms with E-state index < -0.39 is 15.5 Å². The lowest BCUT2D eigenvalue weighted by Crippen LogP contribution is -2.58. The van der Waals surface area contributed by atoms with Crippen molar-refractivity contribution < 1.29 is 8.42 Å². The maximum Gasteiger partial charge on any atom is 0.220 e. The highest BCUT2D eigenvalue weighted by atomic mass is 32.2. The molecule has 30 heavy (non-hydrogen) atoms. The van der Waals surface area contributed by atoms with Crippen molar-refractivity contribution in [3.63, 3.8) is 0 Å². The fourth-order valence-corrected chi connectivity index (χ4v) is 5.83. The fraction of sp³-hybridized carbons (Fsp3) is 0.619. The molecule has 3 aliphatic rings. The van der Waals surface area contributed by atoms with Crippen molar-refractivity contribution in [3.05, 3.63) is 18.2 Å². The number of benzene rings is 1. The van der Waals surface area contributed by atoms with E-state index in [2.05, 4.69) is 16.8 Å². The van der Waals surface area contributed by atoms with Crippen LogP contribution < -0.4 is 21.3 Å². The summed E-state index contributed by atoms with van der Waals surface area (Å²) in [4.78, 5) is 13.5. The van der Waals surface area contributed by atoms with Gasteiger partial charge < -0.3 is 16.4 Å². The summed E-state index contributed by atoms with van der Waals surface area (Å²) in [6, 6.07) is 5.47. The first-order valence-corrected chi connectivity index (χ1v) is 12.7. The van der Waals surface area contributed by atoms with Gasteiger partial charge in [-0.05, 0) is 62.6 Å². The molecule has 1 aliphatic carbocycles. The zero-order chi connectivity index (χ0) is 21.5. The second kappa shape index (κ2) is 7.76. The summed E-state index contributed by atoms with van der Waals surface area (Å²) >= 11 is 0. The third-order valence-electron chi connectivity index (χ3n) is 6.58.